The summed E-state index contributed by atoms with van der Waals surface area (Å²) in [5.41, 5.74) is 2.44. The van der Waals surface area contributed by atoms with Crippen LogP contribution >= 0.6 is 0 Å². The van der Waals surface area contributed by atoms with E-state index in [9.17, 15) is 5.11 Å². The van der Waals surface area contributed by atoms with Crippen molar-refractivity contribution < 1.29 is 9.84 Å². The molecule has 1 saturated heterocycles. The summed E-state index contributed by atoms with van der Waals surface area (Å²) in [5.74, 6) is 0.883. The molecule has 1 fully saturated rings. The molecule has 0 radical (unpaired) electrons. The minimum atomic E-state index is -0.856. The molecular formula is C20H22N2O2. The molecule has 0 saturated carbocycles. The second-order valence-corrected chi connectivity index (χ2v) is 6.48. The van der Waals surface area contributed by atoms with Crippen molar-refractivity contribution in [1.29, 1.82) is 0 Å². The highest BCUT2D eigenvalue weighted by molar-refractivity contribution is 5.88. The maximum Gasteiger partial charge on any atom is 0.126 e. The number of benzene rings is 2. The first-order chi connectivity index (χ1) is 11.7. The largest absolute Gasteiger partial charge is 0.385 e. The lowest BCUT2D eigenvalue weighted by Crippen LogP contribution is -2.45. The second-order valence-electron chi connectivity index (χ2n) is 6.48. The van der Waals surface area contributed by atoms with Gasteiger partial charge in [0.1, 0.15) is 11.9 Å². The van der Waals surface area contributed by atoms with E-state index >= 15 is 0 Å². The van der Waals surface area contributed by atoms with Crippen LogP contribution in [0.15, 0.2) is 59.6 Å². The van der Waals surface area contributed by atoms with Gasteiger partial charge in [0.25, 0.3) is 0 Å². The van der Waals surface area contributed by atoms with Gasteiger partial charge in [-0.15, -0.1) is 0 Å². The molecule has 4 nitrogen and oxygen atoms in total. The monoisotopic (exact) mass is 322 g/mol. The predicted molar refractivity (Wildman–Crippen MR) is 95.1 cm³/mol. The van der Waals surface area contributed by atoms with Crippen molar-refractivity contribution in [2.24, 2.45) is 4.99 Å². The average Bonchev–Trinajstić information content (AvgIpc) is 3.17. The van der Waals surface area contributed by atoms with Crippen LogP contribution in [0.1, 0.15) is 18.4 Å². The highest BCUT2D eigenvalue weighted by atomic mass is 16.5. The number of nitrogens with zero attached hydrogens (tertiary/aromatic N) is 1. The topological polar surface area (TPSA) is 53.9 Å². The Balaban J connectivity index is 1.55. The van der Waals surface area contributed by atoms with E-state index < -0.39 is 5.60 Å². The lowest BCUT2D eigenvalue weighted by atomic mass is 9.83. The zero-order valence-corrected chi connectivity index (χ0v) is 13.6. The Morgan fingerprint density at radius 2 is 1.79 bits per heavy atom. The number of aliphatic imine (C=N–C) groups is 1. The molecule has 0 amide bonds. The zero-order chi connectivity index (χ0) is 16.4. The summed E-state index contributed by atoms with van der Waals surface area (Å²) in [5, 5.41) is 14.4. The van der Waals surface area contributed by atoms with E-state index in [1.165, 1.54) is 5.56 Å². The molecule has 4 heteroatoms. The second kappa shape index (κ2) is 6.38. The van der Waals surface area contributed by atoms with Gasteiger partial charge in [0.2, 0.25) is 0 Å². The van der Waals surface area contributed by atoms with Gasteiger partial charge in [-0.25, -0.2) is 0 Å². The molecule has 2 atom stereocenters. The van der Waals surface area contributed by atoms with E-state index in [1.54, 1.807) is 0 Å². The predicted octanol–water partition coefficient (Wildman–Crippen LogP) is 2.72. The average molecular weight is 322 g/mol. The van der Waals surface area contributed by atoms with E-state index in [0.29, 0.717) is 19.4 Å². The molecule has 1 unspecified atom stereocenters. The van der Waals surface area contributed by atoms with Crippen molar-refractivity contribution in [3.63, 3.8) is 0 Å². The number of aliphatic hydroxyl groups is 1. The van der Waals surface area contributed by atoms with Gasteiger partial charge in [0.05, 0.1) is 18.8 Å². The molecule has 124 valence electrons. The van der Waals surface area contributed by atoms with Crippen LogP contribution in [0.25, 0.3) is 11.1 Å². The van der Waals surface area contributed by atoms with Gasteiger partial charge in [0, 0.05) is 19.4 Å². The Morgan fingerprint density at radius 3 is 2.50 bits per heavy atom. The lowest BCUT2D eigenvalue weighted by molar-refractivity contribution is -0.0868. The van der Waals surface area contributed by atoms with Gasteiger partial charge in [0.15, 0.2) is 0 Å². The molecule has 2 N–H and O–H groups in total. The lowest BCUT2D eigenvalue weighted by Gasteiger charge is -2.37. The van der Waals surface area contributed by atoms with Gasteiger partial charge in [-0.2, -0.15) is 0 Å². The maximum atomic E-state index is 11.2. The minimum absolute atomic E-state index is 0.139. The number of nitrogens with one attached hydrogen (secondary N) is 1. The van der Waals surface area contributed by atoms with Crippen LogP contribution in [0.3, 0.4) is 0 Å². The summed E-state index contributed by atoms with van der Waals surface area (Å²) in [6.07, 6.45) is 1.02. The molecule has 24 heavy (non-hydrogen) atoms. The molecule has 2 aromatic carbocycles. The van der Waals surface area contributed by atoms with Gasteiger partial charge in [-0.3, -0.25) is 4.99 Å². The maximum absolute atomic E-state index is 11.2. The molecule has 0 spiro atoms. The summed E-state index contributed by atoms with van der Waals surface area (Å²) in [6, 6.07) is 18.5. The number of hydrogen-bond donors (Lipinski definition) is 2. The highest BCUT2D eigenvalue weighted by Gasteiger charge is 2.39. The number of hydrogen-bond acceptors (Lipinski definition) is 4. The quantitative estimate of drug-likeness (QED) is 0.913. The van der Waals surface area contributed by atoms with Crippen molar-refractivity contribution >= 4 is 5.84 Å². The molecule has 4 rings (SSSR count). The van der Waals surface area contributed by atoms with Gasteiger partial charge in [-0.05, 0) is 16.7 Å². The fourth-order valence-corrected chi connectivity index (χ4v) is 3.51. The van der Waals surface area contributed by atoms with E-state index in [0.717, 1.165) is 30.1 Å². The highest BCUT2D eigenvalue weighted by Crippen LogP contribution is 2.36. The van der Waals surface area contributed by atoms with Crippen molar-refractivity contribution in [3.05, 3.63) is 60.2 Å². The Morgan fingerprint density at radius 1 is 1.04 bits per heavy atom. The summed E-state index contributed by atoms with van der Waals surface area (Å²) in [7, 11) is 0. The van der Waals surface area contributed by atoms with Crippen molar-refractivity contribution in [3.8, 4) is 11.1 Å². The first-order valence-corrected chi connectivity index (χ1v) is 8.53. The molecule has 0 aliphatic carbocycles. The normalized spacial score (nSPS) is 26.7. The molecule has 2 aliphatic rings. The van der Waals surface area contributed by atoms with Crippen LogP contribution < -0.4 is 5.32 Å². The van der Waals surface area contributed by atoms with Crippen LogP contribution in [0.2, 0.25) is 0 Å². The smallest absolute Gasteiger partial charge is 0.126 e. The first kappa shape index (κ1) is 15.4. The van der Waals surface area contributed by atoms with Crippen LogP contribution in [0.5, 0.6) is 0 Å². The van der Waals surface area contributed by atoms with E-state index in [1.807, 2.05) is 30.3 Å². The molecule has 0 bridgehead atoms. The summed E-state index contributed by atoms with van der Waals surface area (Å²) < 4.78 is 5.82. The number of amidine groups is 1. The van der Waals surface area contributed by atoms with Gasteiger partial charge >= 0.3 is 0 Å². The van der Waals surface area contributed by atoms with Gasteiger partial charge in [-0.1, -0.05) is 54.6 Å². The minimum Gasteiger partial charge on any atom is -0.385 e. The summed E-state index contributed by atoms with van der Waals surface area (Å²) in [4.78, 5) is 4.44. The first-order valence-electron chi connectivity index (χ1n) is 8.53. The van der Waals surface area contributed by atoms with Crippen LogP contribution in [0.4, 0.5) is 0 Å². The van der Waals surface area contributed by atoms with Crippen LogP contribution in [-0.2, 0) is 10.3 Å². The fourth-order valence-electron chi connectivity index (χ4n) is 3.51. The number of ether oxygens (including phenoxy) is 1. The number of rotatable bonds is 3. The third kappa shape index (κ3) is 2.95. The van der Waals surface area contributed by atoms with Crippen molar-refractivity contribution in [2.45, 2.75) is 24.5 Å². The Kier molecular flexibility index (Phi) is 4.08. The standard InChI is InChI=1S/C20H22N2O2/c23-20(10-13-24-18(14-20)19-21-11-12-22-19)17-8-6-16(7-9-17)15-4-2-1-3-5-15/h1-9,18,23H,10-14H2,(H,21,22)/t18?,20-/m1/s1. The third-order valence-corrected chi connectivity index (χ3v) is 4.89. The molecule has 2 aliphatic heterocycles. The van der Waals surface area contributed by atoms with Crippen LogP contribution in [-0.4, -0.2) is 36.7 Å². The molecule has 2 heterocycles. The Hall–Kier alpha value is -2.17. The molecular weight excluding hydrogens is 300 g/mol. The zero-order valence-electron chi connectivity index (χ0n) is 13.6. The SMILES string of the molecule is O[C@]1(c2ccc(-c3ccccc3)cc2)CCOC(C2=NCCN2)C1. The van der Waals surface area contributed by atoms with Gasteiger partial charge < -0.3 is 15.2 Å². The van der Waals surface area contributed by atoms with E-state index in [4.69, 9.17) is 4.74 Å². The van der Waals surface area contributed by atoms with E-state index in [2.05, 4.69) is 34.6 Å². The summed E-state index contributed by atoms with van der Waals surface area (Å²) in [6.45, 7) is 2.20. The Bertz CT molecular complexity index is 727. The van der Waals surface area contributed by atoms with Crippen molar-refractivity contribution in [1.82, 2.24) is 5.32 Å². The Labute approximate surface area is 142 Å². The summed E-state index contributed by atoms with van der Waals surface area (Å²) >= 11 is 0. The van der Waals surface area contributed by atoms with Crippen LogP contribution in [0, 0.1) is 0 Å². The fraction of sp³-hybridized carbons (Fsp3) is 0.350. The third-order valence-electron chi connectivity index (χ3n) is 4.89. The molecule has 2 aromatic rings. The molecule has 0 aromatic heterocycles. The van der Waals surface area contributed by atoms with E-state index in [-0.39, 0.29) is 6.10 Å². The van der Waals surface area contributed by atoms with Crippen molar-refractivity contribution in [2.75, 3.05) is 19.7 Å².